The second-order valence-corrected chi connectivity index (χ2v) is 5.19. The van der Waals surface area contributed by atoms with E-state index in [4.69, 9.17) is 33.0 Å². The Bertz CT molecular complexity index is 507. The number of benzene rings is 1. The van der Waals surface area contributed by atoms with Crippen molar-refractivity contribution in [2.75, 3.05) is 6.61 Å². The third kappa shape index (κ3) is 4.90. The van der Waals surface area contributed by atoms with Crippen LogP contribution in [0.25, 0.3) is 0 Å². The Morgan fingerprint density at radius 1 is 1.35 bits per heavy atom. The molecule has 2 unspecified atom stereocenters. The molecule has 0 radical (unpaired) electrons. The summed E-state index contributed by atoms with van der Waals surface area (Å²) in [6.07, 6.45) is 0. The summed E-state index contributed by atoms with van der Waals surface area (Å²) in [6, 6.07) is 4.17. The fraction of sp³-hybridized carbons (Fsp3) is 0.385. The van der Waals surface area contributed by atoms with Crippen molar-refractivity contribution in [2.45, 2.75) is 19.9 Å². The Kier molecular flexibility index (Phi) is 6.10. The van der Waals surface area contributed by atoms with Gasteiger partial charge in [-0.3, -0.25) is 9.59 Å². The topological polar surface area (TPSA) is 75.6 Å². The molecule has 0 aromatic heterocycles. The van der Waals surface area contributed by atoms with Crippen molar-refractivity contribution < 1.29 is 19.4 Å². The molecule has 1 aromatic rings. The minimum atomic E-state index is -0.975. The lowest BCUT2D eigenvalue weighted by molar-refractivity contribution is -0.142. The zero-order valence-electron chi connectivity index (χ0n) is 11.0. The molecule has 5 nitrogen and oxygen atoms in total. The van der Waals surface area contributed by atoms with Gasteiger partial charge in [0.15, 0.2) is 6.61 Å². The van der Waals surface area contributed by atoms with Crippen LogP contribution in [0.2, 0.25) is 10.0 Å². The minimum Gasteiger partial charge on any atom is -0.482 e. The lowest BCUT2D eigenvalue weighted by Gasteiger charge is -2.18. The number of rotatable bonds is 6. The molecule has 2 atom stereocenters. The van der Waals surface area contributed by atoms with Gasteiger partial charge in [-0.05, 0) is 26.0 Å². The second kappa shape index (κ2) is 7.36. The first-order chi connectivity index (χ1) is 9.31. The van der Waals surface area contributed by atoms with E-state index < -0.39 is 23.8 Å². The maximum atomic E-state index is 11.6. The standard InChI is InChI=1S/C13H15Cl2NO4/c1-7(13(18)19)8(2)16-12(17)6-20-11-5-9(14)3-4-10(11)15/h3-5,7-8H,6H2,1-2H3,(H,16,17)(H,18,19). The first-order valence-corrected chi connectivity index (χ1v) is 6.67. The number of carbonyl (C=O) groups excluding carboxylic acids is 1. The van der Waals surface area contributed by atoms with Gasteiger partial charge in [-0.25, -0.2) is 0 Å². The molecule has 7 heteroatoms. The molecule has 0 aliphatic heterocycles. The number of carboxylic acid groups (broad SMARTS) is 1. The molecule has 0 aliphatic carbocycles. The molecule has 1 amide bonds. The number of carbonyl (C=O) groups is 2. The van der Waals surface area contributed by atoms with Crippen LogP contribution in [0.15, 0.2) is 18.2 Å². The Labute approximate surface area is 126 Å². The van der Waals surface area contributed by atoms with Crippen LogP contribution in [0.1, 0.15) is 13.8 Å². The van der Waals surface area contributed by atoms with Gasteiger partial charge in [0.05, 0.1) is 10.9 Å². The number of nitrogens with one attached hydrogen (secondary N) is 1. The highest BCUT2D eigenvalue weighted by Crippen LogP contribution is 2.27. The largest absolute Gasteiger partial charge is 0.482 e. The molecule has 2 N–H and O–H groups in total. The Morgan fingerprint density at radius 3 is 2.60 bits per heavy atom. The van der Waals surface area contributed by atoms with E-state index in [9.17, 15) is 9.59 Å². The zero-order chi connectivity index (χ0) is 15.3. The predicted molar refractivity (Wildman–Crippen MR) is 76.4 cm³/mol. The van der Waals surface area contributed by atoms with Gasteiger partial charge in [-0.15, -0.1) is 0 Å². The van der Waals surface area contributed by atoms with Crippen LogP contribution in [0.4, 0.5) is 0 Å². The summed E-state index contributed by atoms with van der Waals surface area (Å²) >= 11 is 11.7. The van der Waals surface area contributed by atoms with Gasteiger partial charge in [0.25, 0.3) is 5.91 Å². The van der Waals surface area contributed by atoms with Crippen LogP contribution in [-0.4, -0.2) is 29.6 Å². The van der Waals surface area contributed by atoms with Gasteiger partial charge in [0.1, 0.15) is 5.75 Å². The van der Waals surface area contributed by atoms with Crippen molar-refractivity contribution in [3.63, 3.8) is 0 Å². The molecule has 0 saturated heterocycles. The number of aliphatic carboxylic acids is 1. The Morgan fingerprint density at radius 2 is 2.00 bits per heavy atom. The number of halogens is 2. The molecule has 0 fully saturated rings. The normalized spacial score (nSPS) is 13.4. The molecular formula is C13H15Cl2NO4. The van der Waals surface area contributed by atoms with Crippen molar-refractivity contribution in [3.8, 4) is 5.75 Å². The van der Waals surface area contributed by atoms with Crippen molar-refractivity contribution in [1.29, 1.82) is 0 Å². The van der Waals surface area contributed by atoms with E-state index in [0.717, 1.165) is 0 Å². The highest BCUT2D eigenvalue weighted by Gasteiger charge is 2.21. The number of hydrogen-bond acceptors (Lipinski definition) is 3. The molecule has 1 rings (SSSR count). The van der Waals surface area contributed by atoms with E-state index in [1.165, 1.54) is 13.0 Å². The van der Waals surface area contributed by atoms with Gasteiger partial charge in [0.2, 0.25) is 0 Å². The van der Waals surface area contributed by atoms with E-state index in [-0.39, 0.29) is 6.61 Å². The van der Waals surface area contributed by atoms with E-state index in [2.05, 4.69) is 5.32 Å². The summed E-state index contributed by atoms with van der Waals surface area (Å²) in [5.74, 6) is -1.79. The SMILES string of the molecule is CC(NC(=O)COc1cc(Cl)ccc1Cl)C(C)C(=O)O. The van der Waals surface area contributed by atoms with E-state index >= 15 is 0 Å². The molecule has 0 aliphatic rings. The van der Waals surface area contributed by atoms with Crippen molar-refractivity contribution in [3.05, 3.63) is 28.2 Å². The molecular weight excluding hydrogens is 305 g/mol. The average Bonchev–Trinajstić information content (AvgIpc) is 2.38. The summed E-state index contributed by atoms with van der Waals surface area (Å²) in [7, 11) is 0. The van der Waals surface area contributed by atoms with E-state index in [1.807, 2.05) is 0 Å². The Balaban J connectivity index is 2.51. The van der Waals surface area contributed by atoms with Crippen LogP contribution in [0.3, 0.4) is 0 Å². The number of ether oxygens (including phenoxy) is 1. The van der Waals surface area contributed by atoms with Crippen molar-refractivity contribution in [1.82, 2.24) is 5.32 Å². The number of carboxylic acids is 1. The quantitative estimate of drug-likeness (QED) is 0.845. The predicted octanol–water partition coefficient (Wildman–Crippen LogP) is 2.60. The Hall–Kier alpha value is -1.46. The molecule has 0 saturated carbocycles. The second-order valence-electron chi connectivity index (χ2n) is 4.35. The fourth-order valence-electron chi connectivity index (χ4n) is 1.37. The number of hydrogen-bond donors (Lipinski definition) is 2. The monoisotopic (exact) mass is 319 g/mol. The third-order valence-electron chi connectivity index (χ3n) is 2.78. The zero-order valence-corrected chi connectivity index (χ0v) is 12.5. The lowest BCUT2D eigenvalue weighted by atomic mass is 10.0. The fourth-order valence-corrected chi connectivity index (χ4v) is 1.70. The summed E-state index contributed by atoms with van der Waals surface area (Å²) in [5.41, 5.74) is 0. The van der Waals surface area contributed by atoms with Gasteiger partial charge in [-0.1, -0.05) is 23.2 Å². The third-order valence-corrected chi connectivity index (χ3v) is 3.33. The summed E-state index contributed by atoms with van der Waals surface area (Å²) in [5, 5.41) is 12.2. The van der Waals surface area contributed by atoms with Crippen LogP contribution in [0.5, 0.6) is 5.75 Å². The summed E-state index contributed by atoms with van der Waals surface area (Å²) in [6.45, 7) is 2.86. The van der Waals surface area contributed by atoms with Gasteiger partial charge < -0.3 is 15.2 Å². The van der Waals surface area contributed by atoms with Gasteiger partial charge in [-0.2, -0.15) is 0 Å². The summed E-state index contributed by atoms with van der Waals surface area (Å²) in [4.78, 5) is 22.4. The van der Waals surface area contributed by atoms with E-state index in [1.54, 1.807) is 19.1 Å². The van der Waals surface area contributed by atoms with Crippen LogP contribution < -0.4 is 10.1 Å². The first-order valence-electron chi connectivity index (χ1n) is 5.91. The molecule has 110 valence electrons. The highest BCUT2D eigenvalue weighted by atomic mass is 35.5. The summed E-state index contributed by atoms with van der Waals surface area (Å²) < 4.78 is 5.24. The molecule has 0 spiro atoms. The average molecular weight is 320 g/mol. The van der Waals surface area contributed by atoms with Crippen LogP contribution >= 0.6 is 23.2 Å². The molecule has 0 bridgehead atoms. The first kappa shape index (κ1) is 16.6. The highest BCUT2D eigenvalue weighted by molar-refractivity contribution is 6.34. The number of amides is 1. The molecule has 0 heterocycles. The maximum absolute atomic E-state index is 11.6. The van der Waals surface area contributed by atoms with Crippen LogP contribution in [0, 0.1) is 5.92 Å². The van der Waals surface area contributed by atoms with Gasteiger partial charge in [0, 0.05) is 17.1 Å². The molecule has 1 aromatic carbocycles. The smallest absolute Gasteiger partial charge is 0.308 e. The van der Waals surface area contributed by atoms with Crippen molar-refractivity contribution in [2.24, 2.45) is 5.92 Å². The minimum absolute atomic E-state index is 0.267. The van der Waals surface area contributed by atoms with E-state index in [0.29, 0.717) is 15.8 Å². The maximum Gasteiger partial charge on any atom is 0.308 e. The van der Waals surface area contributed by atoms with Crippen LogP contribution in [-0.2, 0) is 9.59 Å². The molecule has 20 heavy (non-hydrogen) atoms. The lowest BCUT2D eigenvalue weighted by Crippen LogP contribution is -2.42. The van der Waals surface area contributed by atoms with Crippen molar-refractivity contribution >= 4 is 35.1 Å². The van der Waals surface area contributed by atoms with Gasteiger partial charge >= 0.3 is 5.97 Å².